The molecule has 0 fully saturated rings. The van der Waals surface area contributed by atoms with Gasteiger partial charge in [0.05, 0.1) is 82.1 Å². The third-order valence-corrected chi connectivity index (χ3v) is 22.5. The molecular weight excluding hydrogens is 1220 g/mol. The average Bonchev–Trinajstić information content (AvgIpc) is 1.51. The van der Waals surface area contributed by atoms with Crippen molar-refractivity contribution in [3.8, 4) is 56.4 Å². The zero-order valence-electron chi connectivity index (χ0n) is 52.0. The van der Waals surface area contributed by atoms with Gasteiger partial charge in [-0.2, -0.15) is 0 Å². The van der Waals surface area contributed by atoms with E-state index in [-0.39, 0.29) is 0 Å². The van der Waals surface area contributed by atoms with Crippen molar-refractivity contribution in [3.63, 3.8) is 0 Å². The predicted molar refractivity (Wildman–Crippen MR) is 406 cm³/mol. The lowest BCUT2D eigenvalue weighted by Crippen LogP contribution is -1.97. The fourth-order valence-corrected chi connectivity index (χ4v) is 18.5. The number of para-hydroxylation sites is 5. The smallest absolute Gasteiger partial charge is 0.180 e. The van der Waals surface area contributed by atoms with E-state index in [1.54, 1.807) is 11.3 Å². The second-order valence-corrected chi connectivity index (χ2v) is 27.4. The molecule has 9 nitrogen and oxygen atoms in total. The SMILES string of the molecule is c1ccc(-c2nc(-c3ccc4c5c6ccccc6c6c7ccccc7n7c8ccccc8n(c4c3)c5c67)nc3c2oc2cc(-c4ccc5c6c7ccccc7c7c8ccc(-c9nc(-c%10ccccc%10)c%10sc%11ccccc%11c%10n9)cc8n8c9ccccc9n(c5c4)c6c78)ccc23)cc1. The molecular formula is C88H46N8OS. The highest BCUT2D eigenvalue weighted by molar-refractivity contribution is 7.26. The molecule has 450 valence electrons. The summed E-state index contributed by atoms with van der Waals surface area (Å²) in [5.74, 6) is 1.34. The Hall–Kier alpha value is -13.0. The van der Waals surface area contributed by atoms with Crippen molar-refractivity contribution < 1.29 is 4.42 Å². The molecule has 0 spiro atoms. The number of hydrogen-bond acceptors (Lipinski definition) is 6. The maximum Gasteiger partial charge on any atom is 0.180 e. The van der Waals surface area contributed by atoms with Crippen molar-refractivity contribution in [1.29, 1.82) is 0 Å². The number of furan rings is 1. The van der Waals surface area contributed by atoms with Crippen molar-refractivity contribution in [2.45, 2.75) is 0 Å². The van der Waals surface area contributed by atoms with Crippen LogP contribution < -0.4 is 0 Å². The number of aromatic nitrogens is 8. The van der Waals surface area contributed by atoms with Crippen LogP contribution in [0.2, 0.25) is 0 Å². The summed E-state index contributed by atoms with van der Waals surface area (Å²) in [6.07, 6.45) is 0. The van der Waals surface area contributed by atoms with Crippen LogP contribution in [0.1, 0.15) is 0 Å². The van der Waals surface area contributed by atoms with E-state index in [1.807, 2.05) is 6.07 Å². The Morgan fingerprint density at radius 1 is 0.255 bits per heavy atom. The lowest BCUT2D eigenvalue weighted by atomic mass is 9.97. The van der Waals surface area contributed by atoms with Gasteiger partial charge in [0.25, 0.3) is 0 Å². The van der Waals surface area contributed by atoms with Crippen molar-refractivity contribution >= 4 is 185 Å². The first-order valence-corrected chi connectivity index (χ1v) is 34.1. The third kappa shape index (κ3) is 6.50. The molecule has 0 saturated heterocycles. The molecule has 24 rings (SSSR count). The summed E-state index contributed by atoms with van der Waals surface area (Å²) in [4.78, 5) is 21.9. The number of hydrogen-bond donors (Lipinski definition) is 0. The molecule has 0 N–H and O–H groups in total. The summed E-state index contributed by atoms with van der Waals surface area (Å²) >= 11 is 1.76. The van der Waals surface area contributed by atoms with Crippen molar-refractivity contribution in [2.24, 2.45) is 0 Å². The van der Waals surface area contributed by atoms with E-state index < -0.39 is 0 Å². The molecule has 10 heteroatoms. The quantitative estimate of drug-likeness (QED) is 0.160. The fraction of sp³-hybridized carbons (Fsp3) is 0. The molecule has 0 atom stereocenters. The number of thiophene rings is 1. The highest BCUT2D eigenvalue weighted by atomic mass is 32.1. The topological polar surface area (TPSA) is 82.3 Å². The lowest BCUT2D eigenvalue weighted by molar-refractivity contribution is 0.667. The standard InChI is InChI=1S/C88H46N8OS/c1-3-19-47(20-4-1)77-85-79(91-87(89-77)51-37-40-59-69(44-51)95-65-31-15-14-30-64(65)93-63-29-13-11-27-57(63)73-53-23-7-8-24-54(53)75(59)82(95)81(73)93)61-42-36-50(46-71(61)97-85)49-35-39-58-68(43-49)94-66-32-16-17-33-67(66)96-70-45-52(38-41-60(70)76-56-26-10-9-25-55(56)74(58)83(94)84(76)96)88-90-78(48-21-5-2-6-22-48)86-80(92-88)62-28-12-18-34-72(62)98-86/h1-46H. The summed E-state index contributed by atoms with van der Waals surface area (Å²) in [7, 11) is 0. The van der Waals surface area contributed by atoms with E-state index in [9.17, 15) is 0 Å². The molecule has 98 heavy (non-hydrogen) atoms. The van der Waals surface area contributed by atoms with Crippen LogP contribution in [0.25, 0.3) is 230 Å². The molecule has 10 heterocycles. The zero-order valence-corrected chi connectivity index (χ0v) is 52.8. The van der Waals surface area contributed by atoms with Gasteiger partial charge in [0.2, 0.25) is 0 Å². The number of fused-ring (bicyclic) bond motifs is 30. The summed E-state index contributed by atoms with van der Waals surface area (Å²) < 4.78 is 19.4. The van der Waals surface area contributed by atoms with Gasteiger partial charge in [0, 0.05) is 80.8 Å². The Kier molecular flexibility index (Phi) is 9.68. The first-order valence-electron chi connectivity index (χ1n) is 33.3. The Morgan fingerprint density at radius 2 is 0.622 bits per heavy atom. The van der Waals surface area contributed by atoms with Crippen LogP contribution in [0.4, 0.5) is 0 Å². The lowest BCUT2D eigenvalue weighted by Gasteiger charge is -2.13. The van der Waals surface area contributed by atoms with Gasteiger partial charge in [0.1, 0.15) is 16.8 Å². The minimum Gasteiger partial charge on any atom is -0.452 e. The van der Waals surface area contributed by atoms with Gasteiger partial charge in [0.15, 0.2) is 17.2 Å². The molecule has 0 amide bonds. The zero-order chi connectivity index (χ0) is 63.3. The van der Waals surface area contributed by atoms with Crippen LogP contribution in [-0.4, -0.2) is 37.5 Å². The van der Waals surface area contributed by atoms with E-state index >= 15 is 0 Å². The largest absolute Gasteiger partial charge is 0.452 e. The number of nitrogens with zero attached hydrogens (tertiary/aromatic N) is 8. The summed E-state index contributed by atoms with van der Waals surface area (Å²) in [6.45, 7) is 0. The molecule has 10 aromatic heterocycles. The van der Waals surface area contributed by atoms with Gasteiger partial charge in [-0.3, -0.25) is 0 Å². The molecule has 0 unspecified atom stereocenters. The second kappa shape index (κ2) is 18.5. The van der Waals surface area contributed by atoms with Crippen LogP contribution in [0.3, 0.4) is 0 Å². The van der Waals surface area contributed by atoms with E-state index in [0.717, 1.165) is 115 Å². The first-order chi connectivity index (χ1) is 48.6. The van der Waals surface area contributed by atoms with E-state index in [0.29, 0.717) is 17.2 Å². The molecule has 24 aromatic rings. The minimum atomic E-state index is 0.633. The highest BCUT2D eigenvalue weighted by Crippen LogP contribution is 2.51. The van der Waals surface area contributed by atoms with Crippen LogP contribution >= 0.6 is 11.3 Å². The second-order valence-electron chi connectivity index (χ2n) is 26.3. The molecule has 0 saturated carbocycles. The van der Waals surface area contributed by atoms with Gasteiger partial charge >= 0.3 is 0 Å². The van der Waals surface area contributed by atoms with Gasteiger partial charge in [-0.1, -0.05) is 212 Å². The molecule has 0 bridgehead atoms. The maximum absolute atomic E-state index is 7.10. The van der Waals surface area contributed by atoms with Gasteiger partial charge in [-0.15, -0.1) is 11.3 Å². The number of benzene rings is 14. The van der Waals surface area contributed by atoms with E-state index in [2.05, 4.69) is 291 Å². The average molecular weight is 1260 g/mol. The van der Waals surface area contributed by atoms with E-state index in [1.165, 1.54) is 96.9 Å². The maximum atomic E-state index is 7.10. The molecule has 0 aliphatic carbocycles. The Balaban J connectivity index is 0.698. The van der Waals surface area contributed by atoms with Gasteiger partial charge in [-0.05, 0) is 99.4 Å². The first kappa shape index (κ1) is 51.4. The summed E-state index contributed by atoms with van der Waals surface area (Å²) in [5.41, 5.74) is 24.8. The summed E-state index contributed by atoms with van der Waals surface area (Å²) in [6, 6.07) is 101. The molecule has 0 radical (unpaired) electrons. The molecule has 0 aliphatic heterocycles. The van der Waals surface area contributed by atoms with Crippen molar-refractivity contribution in [2.75, 3.05) is 0 Å². The van der Waals surface area contributed by atoms with Crippen LogP contribution in [0.5, 0.6) is 0 Å². The van der Waals surface area contributed by atoms with Gasteiger partial charge in [-0.25, -0.2) is 19.9 Å². The van der Waals surface area contributed by atoms with Crippen LogP contribution in [0.15, 0.2) is 283 Å². The molecule has 0 aliphatic rings. The van der Waals surface area contributed by atoms with Crippen LogP contribution in [0, 0.1) is 0 Å². The normalized spacial score (nSPS) is 12.7. The highest BCUT2D eigenvalue weighted by Gasteiger charge is 2.29. The Labute approximate surface area is 558 Å². The van der Waals surface area contributed by atoms with Crippen molar-refractivity contribution in [1.82, 2.24) is 37.5 Å². The minimum absolute atomic E-state index is 0.633. The Morgan fingerprint density at radius 3 is 1.14 bits per heavy atom. The van der Waals surface area contributed by atoms with E-state index in [4.69, 9.17) is 24.4 Å². The third-order valence-electron chi connectivity index (χ3n) is 21.4. The van der Waals surface area contributed by atoms with Crippen molar-refractivity contribution in [3.05, 3.63) is 279 Å². The Bertz CT molecular complexity index is 7640. The number of rotatable bonds is 5. The van der Waals surface area contributed by atoms with Crippen LogP contribution in [-0.2, 0) is 0 Å². The summed E-state index contributed by atoms with van der Waals surface area (Å²) in [5, 5.41) is 16.8. The monoisotopic (exact) mass is 1260 g/mol. The molecule has 14 aromatic carbocycles. The predicted octanol–water partition coefficient (Wildman–Crippen LogP) is 23.3. The fourth-order valence-electron chi connectivity index (χ4n) is 17.3. The van der Waals surface area contributed by atoms with Gasteiger partial charge < -0.3 is 22.0 Å².